The fourth-order valence-corrected chi connectivity index (χ4v) is 3.33. The number of carbonyl (C=O) groups excluding carboxylic acids is 2. The molecule has 0 radical (unpaired) electrons. The van der Waals surface area contributed by atoms with Crippen molar-refractivity contribution in [3.63, 3.8) is 0 Å². The van der Waals surface area contributed by atoms with Gasteiger partial charge in [0.1, 0.15) is 5.75 Å². The van der Waals surface area contributed by atoms with Crippen LogP contribution in [0, 0.1) is 5.92 Å². The third-order valence-corrected chi connectivity index (χ3v) is 5.06. The zero-order chi connectivity index (χ0) is 19.3. The molecule has 26 heavy (non-hydrogen) atoms. The number of amides is 1. The predicted molar refractivity (Wildman–Crippen MR) is 101 cm³/mol. The third kappa shape index (κ3) is 5.02. The summed E-state index contributed by atoms with van der Waals surface area (Å²) in [6, 6.07) is 3.12. The first-order valence-electron chi connectivity index (χ1n) is 8.58. The number of nitrogen functional groups attached to an aromatic ring is 1. The van der Waals surface area contributed by atoms with Crippen molar-refractivity contribution in [2.75, 3.05) is 39.6 Å². The maximum atomic E-state index is 12.7. The molecule has 1 saturated heterocycles. The maximum absolute atomic E-state index is 12.7. The fourth-order valence-electron chi connectivity index (χ4n) is 3.16. The molecule has 0 aromatic heterocycles. The van der Waals surface area contributed by atoms with Crippen LogP contribution in [-0.4, -0.2) is 56.7 Å². The number of carbonyl (C=O) groups is 2. The van der Waals surface area contributed by atoms with E-state index >= 15 is 0 Å². The van der Waals surface area contributed by atoms with Crippen molar-refractivity contribution in [3.05, 3.63) is 22.7 Å². The number of nitrogens with two attached hydrogens (primary N) is 1. The van der Waals surface area contributed by atoms with Gasteiger partial charge in [0.05, 0.1) is 36.9 Å². The van der Waals surface area contributed by atoms with Crippen molar-refractivity contribution in [1.29, 1.82) is 0 Å². The molecule has 1 aliphatic rings. The third-order valence-electron chi connectivity index (χ3n) is 4.73. The second-order valence-corrected chi connectivity index (χ2v) is 6.95. The van der Waals surface area contributed by atoms with Crippen LogP contribution < -0.4 is 15.8 Å². The van der Waals surface area contributed by atoms with Crippen molar-refractivity contribution in [2.24, 2.45) is 5.92 Å². The molecule has 1 heterocycles. The van der Waals surface area contributed by atoms with Gasteiger partial charge in [-0.2, -0.15) is 0 Å². The van der Waals surface area contributed by atoms with Crippen LogP contribution in [0.2, 0.25) is 5.02 Å². The van der Waals surface area contributed by atoms with E-state index in [4.69, 9.17) is 22.1 Å². The Kier molecular flexibility index (Phi) is 7.11. The van der Waals surface area contributed by atoms with Gasteiger partial charge in [-0.25, -0.2) is 0 Å². The van der Waals surface area contributed by atoms with Crippen molar-refractivity contribution in [2.45, 2.75) is 25.8 Å². The number of benzene rings is 1. The van der Waals surface area contributed by atoms with Gasteiger partial charge in [0.25, 0.3) is 5.91 Å². The molecule has 1 aromatic carbocycles. The maximum Gasteiger partial charge on any atom is 0.306 e. The highest BCUT2D eigenvalue weighted by molar-refractivity contribution is 6.33. The van der Waals surface area contributed by atoms with Crippen LogP contribution >= 0.6 is 11.6 Å². The molecule has 0 aliphatic carbocycles. The Balaban J connectivity index is 1.96. The molecule has 0 saturated carbocycles. The van der Waals surface area contributed by atoms with E-state index in [0.717, 1.165) is 19.5 Å². The molecule has 0 spiro atoms. The zero-order valence-corrected chi connectivity index (χ0v) is 16.1. The number of esters is 1. The van der Waals surface area contributed by atoms with E-state index in [-0.39, 0.29) is 23.8 Å². The van der Waals surface area contributed by atoms with Crippen LogP contribution in [0.15, 0.2) is 12.1 Å². The van der Waals surface area contributed by atoms with Gasteiger partial charge in [-0.05, 0) is 18.4 Å². The smallest absolute Gasteiger partial charge is 0.306 e. The van der Waals surface area contributed by atoms with E-state index in [0.29, 0.717) is 35.0 Å². The first-order valence-corrected chi connectivity index (χ1v) is 8.96. The molecule has 2 unspecified atom stereocenters. The molecule has 2 atom stereocenters. The van der Waals surface area contributed by atoms with Crippen molar-refractivity contribution in [1.82, 2.24) is 10.2 Å². The summed E-state index contributed by atoms with van der Waals surface area (Å²) in [5, 5.41) is 3.39. The Morgan fingerprint density at radius 1 is 1.38 bits per heavy atom. The Morgan fingerprint density at radius 2 is 2.12 bits per heavy atom. The van der Waals surface area contributed by atoms with Crippen molar-refractivity contribution < 1.29 is 19.1 Å². The number of nitrogens with one attached hydrogen (secondary N) is 1. The molecule has 0 bridgehead atoms. The number of likely N-dealkylation sites (tertiary alicyclic amines) is 1. The Morgan fingerprint density at radius 3 is 2.73 bits per heavy atom. The fraction of sp³-hybridized carbons (Fsp3) is 0.556. The lowest BCUT2D eigenvalue weighted by molar-refractivity contribution is -0.141. The largest absolute Gasteiger partial charge is 0.496 e. The number of methoxy groups -OCH3 is 2. The highest BCUT2D eigenvalue weighted by atomic mass is 35.5. The highest BCUT2D eigenvalue weighted by Crippen LogP contribution is 2.29. The monoisotopic (exact) mass is 383 g/mol. The first-order chi connectivity index (χ1) is 12.3. The van der Waals surface area contributed by atoms with Crippen LogP contribution in [0.3, 0.4) is 0 Å². The van der Waals surface area contributed by atoms with Crippen LogP contribution in [-0.2, 0) is 9.53 Å². The van der Waals surface area contributed by atoms with E-state index in [1.165, 1.54) is 20.3 Å². The SMILES string of the molecule is COC(=O)CCN1CCC(NC(=O)c2cc(Cl)c(N)cc2OC)C(C)C1. The number of halogens is 1. The van der Waals surface area contributed by atoms with E-state index < -0.39 is 0 Å². The molecular formula is C18H26ClN3O4. The Bertz CT molecular complexity index is 668. The zero-order valence-electron chi connectivity index (χ0n) is 15.4. The Labute approximate surface area is 158 Å². The van der Waals surface area contributed by atoms with Crippen LogP contribution in [0.5, 0.6) is 5.75 Å². The topological polar surface area (TPSA) is 93.9 Å². The quantitative estimate of drug-likeness (QED) is 0.576. The van der Waals surface area contributed by atoms with Crippen molar-refractivity contribution >= 4 is 29.2 Å². The Hall–Kier alpha value is -1.99. The van der Waals surface area contributed by atoms with Gasteiger partial charge < -0.3 is 25.4 Å². The summed E-state index contributed by atoms with van der Waals surface area (Å²) >= 11 is 6.04. The molecule has 8 heteroatoms. The minimum atomic E-state index is -0.233. The van der Waals surface area contributed by atoms with E-state index in [1.807, 2.05) is 0 Å². The number of nitrogens with zero attached hydrogens (tertiary/aromatic N) is 1. The van der Waals surface area contributed by atoms with Gasteiger partial charge >= 0.3 is 5.97 Å². The lowest BCUT2D eigenvalue weighted by atomic mass is 9.93. The van der Waals surface area contributed by atoms with Crippen LogP contribution in [0.4, 0.5) is 5.69 Å². The number of hydrogen-bond acceptors (Lipinski definition) is 6. The first kappa shape index (κ1) is 20.3. The molecule has 2 rings (SSSR count). The lowest BCUT2D eigenvalue weighted by Crippen LogP contribution is -2.50. The summed E-state index contributed by atoms with van der Waals surface area (Å²) in [7, 11) is 2.88. The lowest BCUT2D eigenvalue weighted by Gasteiger charge is -2.37. The molecule has 1 amide bonds. The van der Waals surface area contributed by atoms with E-state index in [2.05, 4.69) is 21.9 Å². The number of ether oxygens (including phenoxy) is 2. The van der Waals surface area contributed by atoms with Crippen molar-refractivity contribution in [3.8, 4) is 5.75 Å². The van der Waals surface area contributed by atoms with Gasteiger partial charge in [-0.1, -0.05) is 18.5 Å². The summed E-state index contributed by atoms with van der Waals surface area (Å²) in [6.45, 7) is 4.37. The van der Waals surface area contributed by atoms with Gasteiger partial charge in [-0.15, -0.1) is 0 Å². The average Bonchev–Trinajstić information content (AvgIpc) is 2.63. The van der Waals surface area contributed by atoms with E-state index in [1.54, 1.807) is 6.07 Å². The summed E-state index contributed by atoms with van der Waals surface area (Å²) in [5.74, 6) is 0.206. The highest BCUT2D eigenvalue weighted by Gasteiger charge is 2.28. The van der Waals surface area contributed by atoms with Gasteiger partial charge in [-0.3, -0.25) is 9.59 Å². The van der Waals surface area contributed by atoms with E-state index in [9.17, 15) is 9.59 Å². The average molecular weight is 384 g/mol. The van der Waals surface area contributed by atoms with Gasteiger partial charge in [0.15, 0.2) is 0 Å². The number of anilines is 1. The van der Waals surface area contributed by atoms with Gasteiger partial charge in [0, 0.05) is 31.7 Å². The number of hydrogen-bond donors (Lipinski definition) is 2. The predicted octanol–water partition coefficient (Wildman–Crippen LogP) is 1.93. The minimum absolute atomic E-state index is 0.0397. The molecule has 1 aliphatic heterocycles. The molecule has 3 N–H and O–H groups in total. The molecule has 144 valence electrons. The summed E-state index contributed by atoms with van der Waals surface area (Å²) in [4.78, 5) is 26.2. The number of rotatable bonds is 6. The standard InChI is InChI=1S/C18H26ClN3O4/c1-11-10-22(7-5-17(23)26-3)6-4-15(11)21-18(24)12-8-13(19)14(20)9-16(12)25-2/h8-9,11,15H,4-7,10,20H2,1-3H3,(H,21,24). The normalized spacial score (nSPS) is 20.5. The van der Waals surface area contributed by atoms with Crippen LogP contribution in [0.1, 0.15) is 30.1 Å². The summed E-state index contributed by atoms with van der Waals surface area (Å²) in [5.41, 5.74) is 6.50. The van der Waals surface area contributed by atoms with Gasteiger partial charge in [0.2, 0.25) is 0 Å². The molecule has 7 nitrogen and oxygen atoms in total. The second kappa shape index (κ2) is 9.09. The molecular weight excluding hydrogens is 358 g/mol. The summed E-state index contributed by atoms with van der Waals surface area (Å²) in [6.07, 6.45) is 1.18. The molecule has 1 aromatic rings. The minimum Gasteiger partial charge on any atom is -0.496 e. The molecule has 1 fully saturated rings. The summed E-state index contributed by atoms with van der Waals surface area (Å²) < 4.78 is 9.93. The van der Waals surface area contributed by atoms with Crippen LogP contribution in [0.25, 0.3) is 0 Å². The number of piperidine rings is 1. The second-order valence-electron chi connectivity index (χ2n) is 6.55.